The molecule has 1 aromatic heterocycles. The Hall–Kier alpha value is -2.63. The lowest BCUT2D eigenvalue weighted by Crippen LogP contribution is -2.34. The summed E-state index contributed by atoms with van der Waals surface area (Å²) in [6, 6.07) is 8.27. The summed E-state index contributed by atoms with van der Waals surface area (Å²) in [7, 11) is 0. The SMILES string of the molecule is O=C1OCCN1C(=O)c1cc2ccccc2oc1=O. The van der Waals surface area contributed by atoms with Crippen molar-refractivity contribution in [1.29, 1.82) is 0 Å². The van der Waals surface area contributed by atoms with Gasteiger partial charge in [-0.05, 0) is 12.1 Å². The molecule has 2 amide bonds. The fraction of sp³-hybridized carbons (Fsp3) is 0.154. The van der Waals surface area contributed by atoms with E-state index in [0.29, 0.717) is 11.0 Å². The van der Waals surface area contributed by atoms with E-state index in [-0.39, 0.29) is 18.7 Å². The zero-order chi connectivity index (χ0) is 13.4. The van der Waals surface area contributed by atoms with Crippen molar-refractivity contribution in [2.45, 2.75) is 0 Å². The molecule has 6 nitrogen and oxygen atoms in total. The van der Waals surface area contributed by atoms with Crippen LogP contribution in [-0.4, -0.2) is 30.1 Å². The molecule has 2 aromatic rings. The van der Waals surface area contributed by atoms with Gasteiger partial charge in [-0.25, -0.2) is 14.5 Å². The van der Waals surface area contributed by atoms with E-state index in [0.717, 1.165) is 4.90 Å². The summed E-state index contributed by atoms with van der Waals surface area (Å²) in [5.41, 5.74) is -0.533. The number of rotatable bonds is 1. The summed E-state index contributed by atoms with van der Waals surface area (Å²) in [5, 5.41) is 0.623. The summed E-state index contributed by atoms with van der Waals surface area (Å²) >= 11 is 0. The number of amides is 2. The predicted molar refractivity (Wildman–Crippen MR) is 64.9 cm³/mol. The fourth-order valence-electron chi connectivity index (χ4n) is 1.93. The Bertz CT molecular complexity index is 733. The molecule has 1 aliphatic heterocycles. The summed E-state index contributed by atoms with van der Waals surface area (Å²) in [6.45, 7) is 0.285. The maximum atomic E-state index is 12.1. The molecule has 0 atom stereocenters. The highest BCUT2D eigenvalue weighted by Gasteiger charge is 2.31. The Balaban J connectivity index is 2.09. The molecule has 0 saturated carbocycles. The zero-order valence-electron chi connectivity index (χ0n) is 9.79. The number of fused-ring (bicyclic) bond motifs is 1. The van der Waals surface area contributed by atoms with Crippen molar-refractivity contribution in [2.75, 3.05) is 13.2 Å². The number of nitrogens with zero attached hydrogens (tertiary/aromatic N) is 1. The fourth-order valence-corrected chi connectivity index (χ4v) is 1.93. The molecule has 3 rings (SSSR count). The highest BCUT2D eigenvalue weighted by molar-refractivity contribution is 6.04. The van der Waals surface area contributed by atoms with Gasteiger partial charge in [-0.2, -0.15) is 0 Å². The van der Waals surface area contributed by atoms with Gasteiger partial charge in [0.2, 0.25) is 0 Å². The van der Waals surface area contributed by atoms with Gasteiger partial charge in [-0.1, -0.05) is 18.2 Å². The number of carbonyl (C=O) groups is 2. The Morgan fingerprint density at radius 2 is 2.00 bits per heavy atom. The number of cyclic esters (lactones) is 1. The third-order valence-corrected chi connectivity index (χ3v) is 2.88. The quantitative estimate of drug-likeness (QED) is 0.723. The lowest BCUT2D eigenvalue weighted by atomic mass is 10.1. The lowest BCUT2D eigenvalue weighted by molar-refractivity contribution is 0.0806. The van der Waals surface area contributed by atoms with Crippen LogP contribution >= 0.6 is 0 Å². The van der Waals surface area contributed by atoms with E-state index in [1.165, 1.54) is 6.07 Å². The van der Waals surface area contributed by atoms with E-state index in [1.807, 2.05) is 0 Å². The molecule has 1 saturated heterocycles. The van der Waals surface area contributed by atoms with Crippen LogP contribution in [0.5, 0.6) is 0 Å². The summed E-state index contributed by atoms with van der Waals surface area (Å²) < 4.78 is 9.72. The maximum absolute atomic E-state index is 12.1. The van der Waals surface area contributed by atoms with Gasteiger partial charge in [-0.15, -0.1) is 0 Å². The lowest BCUT2D eigenvalue weighted by Gasteiger charge is -2.09. The van der Waals surface area contributed by atoms with Crippen LogP contribution in [-0.2, 0) is 4.74 Å². The first kappa shape index (κ1) is 11.5. The van der Waals surface area contributed by atoms with E-state index in [9.17, 15) is 14.4 Å². The number of benzene rings is 1. The molecule has 96 valence electrons. The molecule has 19 heavy (non-hydrogen) atoms. The van der Waals surface area contributed by atoms with Gasteiger partial charge in [0.15, 0.2) is 0 Å². The molecule has 6 heteroatoms. The van der Waals surface area contributed by atoms with Crippen LogP contribution in [0.4, 0.5) is 4.79 Å². The first-order valence-corrected chi connectivity index (χ1v) is 5.68. The van der Waals surface area contributed by atoms with Crippen LogP contribution in [0.3, 0.4) is 0 Å². The van der Waals surface area contributed by atoms with Crippen LogP contribution in [0.1, 0.15) is 10.4 Å². The van der Waals surface area contributed by atoms with Crippen LogP contribution in [0.2, 0.25) is 0 Å². The van der Waals surface area contributed by atoms with E-state index in [2.05, 4.69) is 4.74 Å². The number of carbonyl (C=O) groups excluding carboxylic acids is 2. The van der Waals surface area contributed by atoms with E-state index in [1.54, 1.807) is 24.3 Å². The van der Waals surface area contributed by atoms with Crippen molar-refractivity contribution in [3.05, 3.63) is 46.3 Å². The largest absolute Gasteiger partial charge is 0.447 e. The molecule has 0 unspecified atom stereocenters. The summed E-state index contributed by atoms with van der Waals surface area (Å²) in [6.07, 6.45) is -0.738. The van der Waals surface area contributed by atoms with Gasteiger partial charge >= 0.3 is 11.7 Å². The highest BCUT2D eigenvalue weighted by Crippen LogP contribution is 2.15. The van der Waals surface area contributed by atoms with E-state index in [4.69, 9.17) is 4.42 Å². The van der Waals surface area contributed by atoms with E-state index < -0.39 is 17.6 Å². The van der Waals surface area contributed by atoms with Gasteiger partial charge in [0.1, 0.15) is 17.8 Å². The molecule has 0 N–H and O–H groups in total. The second kappa shape index (κ2) is 4.24. The van der Waals surface area contributed by atoms with Crippen molar-refractivity contribution >= 4 is 23.0 Å². The molecule has 0 radical (unpaired) electrons. The third kappa shape index (κ3) is 1.87. The molecule has 0 spiro atoms. The Morgan fingerprint density at radius 1 is 1.21 bits per heavy atom. The van der Waals surface area contributed by atoms with Gasteiger partial charge < -0.3 is 9.15 Å². The second-order valence-corrected chi connectivity index (χ2v) is 4.06. The first-order chi connectivity index (χ1) is 9.16. The Labute approximate surface area is 107 Å². The smallest absolute Gasteiger partial charge is 0.416 e. The van der Waals surface area contributed by atoms with Crippen molar-refractivity contribution in [3.63, 3.8) is 0 Å². The minimum absolute atomic E-state index is 0.142. The average Bonchev–Trinajstić information content (AvgIpc) is 2.83. The monoisotopic (exact) mass is 259 g/mol. The molecule has 1 fully saturated rings. The van der Waals surface area contributed by atoms with Gasteiger partial charge in [0, 0.05) is 5.39 Å². The van der Waals surface area contributed by atoms with Gasteiger partial charge in [-0.3, -0.25) is 4.79 Å². The third-order valence-electron chi connectivity index (χ3n) is 2.88. The number of imide groups is 1. The molecular weight excluding hydrogens is 250 g/mol. The molecular formula is C13H9NO5. The van der Waals surface area contributed by atoms with Crippen LogP contribution in [0, 0.1) is 0 Å². The Morgan fingerprint density at radius 3 is 2.74 bits per heavy atom. The standard InChI is InChI=1S/C13H9NO5/c15-11(14-5-6-18-13(14)17)9-7-8-3-1-2-4-10(8)19-12(9)16/h1-4,7H,5-6H2. The number of hydrogen-bond acceptors (Lipinski definition) is 5. The highest BCUT2D eigenvalue weighted by atomic mass is 16.6. The van der Waals surface area contributed by atoms with Crippen molar-refractivity contribution in [1.82, 2.24) is 4.90 Å². The topological polar surface area (TPSA) is 76.8 Å². The predicted octanol–water partition coefficient (Wildman–Crippen LogP) is 1.39. The minimum Gasteiger partial charge on any atom is -0.447 e. The molecule has 0 bridgehead atoms. The van der Waals surface area contributed by atoms with Gasteiger partial charge in [0.05, 0.1) is 6.54 Å². The zero-order valence-corrected chi connectivity index (χ0v) is 9.79. The molecule has 1 aliphatic rings. The van der Waals surface area contributed by atoms with Crippen molar-refractivity contribution in [3.8, 4) is 0 Å². The number of hydrogen-bond donors (Lipinski definition) is 0. The normalized spacial score (nSPS) is 14.7. The molecule has 1 aromatic carbocycles. The Kier molecular flexibility index (Phi) is 2.56. The van der Waals surface area contributed by atoms with Crippen LogP contribution < -0.4 is 5.63 Å². The summed E-state index contributed by atoms with van der Waals surface area (Å²) in [5.74, 6) is -0.693. The average molecular weight is 259 g/mol. The summed E-state index contributed by atoms with van der Waals surface area (Å²) in [4.78, 5) is 36.1. The first-order valence-electron chi connectivity index (χ1n) is 5.68. The minimum atomic E-state index is -0.761. The van der Waals surface area contributed by atoms with Crippen molar-refractivity contribution < 1.29 is 18.7 Å². The molecule has 2 heterocycles. The number of para-hydroxylation sites is 1. The molecule has 0 aliphatic carbocycles. The maximum Gasteiger partial charge on any atom is 0.416 e. The van der Waals surface area contributed by atoms with Crippen LogP contribution in [0.15, 0.2) is 39.5 Å². The van der Waals surface area contributed by atoms with E-state index >= 15 is 0 Å². The van der Waals surface area contributed by atoms with Crippen molar-refractivity contribution in [2.24, 2.45) is 0 Å². The number of ether oxygens (including phenoxy) is 1. The second-order valence-electron chi connectivity index (χ2n) is 4.06. The van der Waals surface area contributed by atoms with Crippen LogP contribution in [0.25, 0.3) is 11.0 Å². The van der Waals surface area contributed by atoms with Gasteiger partial charge in [0.25, 0.3) is 5.91 Å².